The number of sulfonamides is 1. The van der Waals surface area contributed by atoms with Gasteiger partial charge in [0.25, 0.3) is 0 Å². The van der Waals surface area contributed by atoms with Crippen LogP contribution in [-0.4, -0.2) is 51.5 Å². The van der Waals surface area contributed by atoms with Crippen molar-refractivity contribution >= 4 is 21.6 Å². The van der Waals surface area contributed by atoms with Gasteiger partial charge in [0.15, 0.2) is 0 Å². The molecule has 1 saturated carbocycles. The highest BCUT2D eigenvalue weighted by Gasteiger charge is 2.39. The van der Waals surface area contributed by atoms with Crippen LogP contribution in [0.3, 0.4) is 0 Å². The van der Waals surface area contributed by atoms with Crippen LogP contribution in [-0.2, 0) is 14.8 Å². The predicted octanol–water partition coefficient (Wildman–Crippen LogP) is 3.12. The second kappa shape index (κ2) is 9.45. The van der Waals surface area contributed by atoms with Gasteiger partial charge in [-0.1, -0.05) is 25.7 Å². The molecule has 3 rings (SSSR count). The summed E-state index contributed by atoms with van der Waals surface area (Å²) in [6.07, 6.45) is 9.26. The number of methoxy groups -OCH3 is 1. The SMILES string of the molecule is COc1cc(S(=O)(=O)NCC2(N3CCCCC3)CCCCC2)ccc1NC(C)=O. The fourth-order valence-electron chi connectivity index (χ4n) is 4.63. The normalized spacial score (nSPS) is 20.2. The zero-order valence-corrected chi connectivity index (χ0v) is 18.3. The topological polar surface area (TPSA) is 87.7 Å². The maximum absolute atomic E-state index is 13.0. The molecule has 1 heterocycles. The van der Waals surface area contributed by atoms with Crippen molar-refractivity contribution in [1.82, 2.24) is 9.62 Å². The molecule has 0 atom stereocenters. The van der Waals surface area contributed by atoms with E-state index in [1.54, 1.807) is 6.07 Å². The minimum atomic E-state index is -3.68. The largest absolute Gasteiger partial charge is 0.495 e. The number of ether oxygens (including phenoxy) is 1. The lowest BCUT2D eigenvalue weighted by Crippen LogP contribution is -2.58. The van der Waals surface area contributed by atoms with Gasteiger partial charge in [0.1, 0.15) is 5.75 Å². The van der Waals surface area contributed by atoms with E-state index in [0.717, 1.165) is 38.8 Å². The lowest BCUT2D eigenvalue weighted by molar-refractivity contribution is -0.114. The van der Waals surface area contributed by atoms with Crippen molar-refractivity contribution in [2.75, 3.05) is 32.1 Å². The highest BCUT2D eigenvalue weighted by Crippen LogP contribution is 2.35. The molecule has 0 radical (unpaired) electrons. The molecule has 1 aromatic carbocycles. The second-order valence-electron chi connectivity index (χ2n) is 8.20. The molecule has 1 saturated heterocycles. The van der Waals surface area contributed by atoms with E-state index in [1.165, 1.54) is 51.8 Å². The molecule has 0 bridgehead atoms. The Morgan fingerprint density at radius 1 is 1.10 bits per heavy atom. The average Bonchev–Trinajstić information content (AvgIpc) is 2.73. The molecule has 0 spiro atoms. The van der Waals surface area contributed by atoms with Crippen molar-refractivity contribution in [3.8, 4) is 5.75 Å². The van der Waals surface area contributed by atoms with Crippen LogP contribution < -0.4 is 14.8 Å². The molecule has 2 N–H and O–H groups in total. The molecule has 2 aliphatic rings. The first kappa shape index (κ1) is 22.1. The Bertz CT molecular complexity index is 813. The maximum atomic E-state index is 13.0. The van der Waals surface area contributed by atoms with Crippen LogP contribution in [0.1, 0.15) is 58.3 Å². The van der Waals surface area contributed by atoms with Crippen molar-refractivity contribution in [2.24, 2.45) is 0 Å². The Balaban J connectivity index is 1.77. The summed E-state index contributed by atoms with van der Waals surface area (Å²) >= 11 is 0. The van der Waals surface area contributed by atoms with Crippen LogP contribution in [0.2, 0.25) is 0 Å². The maximum Gasteiger partial charge on any atom is 0.240 e. The number of carbonyl (C=O) groups is 1. The third-order valence-electron chi connectivity index (χ3n) is 6.20. The van der Waals surface area contributed by atoms with Crippen molar-refractivity contribution in [3.05, 3.63) is 18.2 Å². The molecule has 1 aromatic rings. The summed E-state index contributed by atoms with van der Waals surface area (Å²) in [7, 11) is -2.23. The third kappa shape index (κ3) is 5.29. The van der Waals surface area contributed by atoms with Gasteiger partial charge in [-0.05, 0) is 50.9 Å². The van der Waals surface area contributed by atoms with Gasteiger partial charge in [-0.3, -0.25) is 9.69 Å². The molecule has 1 aliphatic heterocycles. The number of carbonyl (C=O) groups excluding carboxylic acids is 1. The van der Waals surface area contributed by atoms with E-state index in [4.69, 9.17) is 4.74 Å². The van der Waals surface area contributed by atoms with Gasteiger partial charge in [-0.15, -0.1) is 0 Å². The smallest absolute Gasteiger partial charge is 0.240 e. The Hall–Kier alpha value is -1.64. The zero-order valence-electron chi connectivity index (χ0n) is 17.5. The van der Waals surface area contributed by atoms with Gasteiger partial charge >= 0.3 is 0 Å². The molecular weight excluding hydrogens is 390 g/mol. The van der Waals surface area contributed by atoms with Crippen LogP contribution >= 0.6 is 0 Å². The first-order chi connectivity index (χ1) is 13.9. The van der Waals surface area contributed by atoms with E-state index in [2.05, 4.69) is 14.9 Å². The van der Waals surface area contributed by atoms with Crippen molar-refractivity contribution in [3.63, 3.8) is 0 Å². The van der Waals surface area contributed by atoms with E-state index in [-0.39, 0.29) is 16.3 Å². The van der Waals surface area contributed by atoms with Crippen molar-refractivity contribution < 1.29 is 17.9 Å². The van der Waals surface area contributed by atoms with E-state index < -0.39 is 10.0 Å². The highest BCUT2D eigenvalue weighted by atomic mass is 32.2. The zero-order chi connectivity index (χ0) is 20.9. The molecule has 0 aromatic heterocycles. The Morgan fingerprint density at radius 3 is 2.38 bits per heavy atom. The molecule has 2 fully saturated rings. The minimum absolute atomic E-state index is 0.0774. The quantitative estimate of drug-likeness (QED) is 0.704. The fraction of sp³-hybridized carbons (Fsp3) is 0.667. The first-order valence-corrected chi connectivity index (χ1v) is 12.0. The summed E-state index contributed by atoms with van der Waals surface area (Å²) in [5.41, 5.74) is 0.377. The molecule has 29 heavy (non-hydrogen) atoms. The number of amides is 1. The molecule has 1 amide bonds. The predicted molar refractivity (Wildman–Crippen MR) is 114 cm³/mol. The van der Waals surface area contributed by atoms with Gasteiger partial charge in [0.2, 0.25) is 15.9 Å². The van der Waals surface area contributed by atoms with Gasteiger partial charge in [0.05, 0.1) is 17.7 Å². The van der Waals surface area contributed by atoms with Crippen LogP contribution in [0.15, 0.2) is 23.1 Å². The highest BCUT2D eigenvalue weighted by molar-refractivity contribution is 7.89. The molecule has 0 unspecified atom stereocenters. The van der Waals surface area contributed by atoms with Gasteiger partial charge in [-0.25, -0.2) is 13.1 Å². The average molecular weight is 424 g/mol. The number of nitrogens with zero attached hydrogens (tertiary/aromatic N) is 1. The minimum Gasteiger partial charge on any atom is -0.495 e. The van der Waals surface area contributed by atoms with E-state index >= 15 is 0 Å². The number of piperidine rings is 1. The monoisotopic (exact) mass is 423 g/mol. The van der Waals surface area contributed by atoms with Crippen LogP contribution in [0, 0.1) is 0 Å². The van der Waals surface area contributed by atoms with E-state index in [1.807, 2.05) is 0 Å². The van der Waals surface area contributed by atoms with Gasteiger partial charge < -0.3 is 10.1 Å². The van der Waals surface area contributed by atoms with Crippen LogP contribution in [0.4, 0.5) is 5.69 Å². The van der Waals surface area contributed by atoms with Crippen molar-refractivity contribution in [1.29, 1.82) is 0 Å². The standard InChI is InChI=1S/C21H33N3O4S/c1-17(25)23-19-10-9-18(15-20(19)28-2)29(26,27)22-16-21(11-5-3-6-12-21)24-13-7-4-8-14-24/h9-10,15,22H,3-8,11-14,16H2,1-2H3,(H,23,25). The van der Waals surface area contributed by atoms with Crippen LogP contribution in [0.5, 0.6) is 5.75 Å². The van der Waals surface area contributed by atoms with E-state index in [9.17, 15) is 13.2 Å². The first-order valence-electron chi connectivity index (χ1n) is 10.6. The summed E-state index contributed by atoms with van der Waals surface area (Å²) in [4.78, 5) is 14.0. The number of likely N-dealkylation sites (tertiary alicyclic amines) is 1. The lowest BCUT2D eigenvalue weighted by atomic mass is 9.79. The third-order valence-corrected chi connectivity index (χ3v) is 7.60. The fourth-order valence-corrected chi connectivity index (χ4v) is 5.76. The summed E-state index contributed by atoms with van der Waals surface area (Å²) in [5, 5.41) is 2.65. The Labute approximate surface area is 174 Å². The number of nitrogens with one attached hydrogen (secondary N) is 2. The second-order valence-corrected chi connectivity index (χ2v) is 9.97. The summed E-state index contributed by atoms with van der Waals surface area (Å²) in [6.45, 7) is 3.95. The van der Waals surface area contributed by atoms with E-state index in [0.29, 0.717) is 18.0 Å². The Morgan fingerprint density at radius 2 is 1.76 bits per heavy atom. The summed E-state index contributed by atoms with van der Waals surface area (Å²) in [6, 6.07) is 4.53. The number of anilines is 1. The lowest BCUT2D eigenvalue weighted by Gasteiger charge is -2.48. The molecular formula is C21H33N3O4S. The molecule has 162 valence electrons. The van der Waals surface area contributed by atoms with Gasteiger partial charge in [0, 0.05) is 25.1 Å². The number of rotatable bonds is 7. The molecule has 8 heteroatoms. The number of hydrogen-bond donors (Lipinski definition) is 2. The number of benzene rings is 1. The number of hydrogen-bond acceptors (Lipinski definition) is 5. The molecule has 1 aliphatic carbocycles. The summed E-state index contributed by atoms with van der Waals surface area (Å²) in [5.74, 6) is 0.0873. The van der Waals surface area contributed by atoms with Crippen molar-refractivity contribution in [2.45, 2.75) is 68.7 Å². The van der Waals surface area contributed by atoms with Gasteiger partial charge in [-0.2, -0.15) is 0 Å². The Kier molecular flexibility index (Phi) is 7.19. The van der Waals surface area contributed by atoms with Crippen LogP contribution in [0.25, 0.3) is 0 Å². The summed E-state index contributed by atoms with van der Waals surface area (Å²) < 4.78 is 34.2. The molecule has 7 nitrogen and oxygen atoms in total.